The molecule has 58 valence electrons. The van der Waals surface area contributed by atoms with Crippen molar-refractivity contribution in [2.45, 2.75) is 27.2 Å². The van der Waals surface area contributed by atoms with Crippen molar-refractivity contribution in [2.24, 2.45) is 23.7 Å². The molecule has 0 spiro atoms. The molecule has 1 saturated carbocycles. The topological polar surface area (TPSA) is 0 Å². The van der Waals surface area contributed by atoms with Crippen molar-refractivity contribution in [1.29, 1.82) is 0 Å². The minimum absolute atomic E-state index is 0.798. The minimum atomic E-state index is 0.798. The largest absolute Gasteiger partial charge is 0.126 e. The summed E-state index contributed by atoms with van der Waals surface area (Å²) in [7, 11) is 3.51. The molecule has 0 aromatic carbocycles. The van der Waals surface area contributed by atoms with E-state index in [-0.39, 0.29) is 0 Å². The smallest absolute Gasteiger partial charge is 0.0139 e. The lowest BCUT2D eigenvalue weighted by molar-refractivity contribution is 0.439. The van der Waals surface area contributed by atoms with E-state index < -0.39 is 0 Å². The fraction of sp³-hybridized carbons (Fsp3) is 0.889. The minimum Gasteiger partial charge on any atom is -0.126 e. The first kappa shape index (κ1) is 8.27. The van der Waals surface area contributed by atoms with Crippen LogP contribution in [0.2, 0.25) is 0 Å². The van der Waals surface area contributed by atoms with Crippen LogP contribution in [-0.2, 0) is 0 Å². The number of rotatable bonds is 3. The molecule has 0 radical (unpaired) electrons. The van der Waals surface area contributed by atoms with Crippen LogP contribution in [0.3, 0.4) is 0 Å². The molecule has 0 nitrogen and oxygen atoms in total. The molecule has 1 heteroatoms. The van der Waals surface area contributed by atoms with Gasteiger partial charge < -0.3 is 0 Å². The molecule has 0 N–H and O–H groups in total. The van der Waals surface area contributed by atoms with Crippen LogP contribution in [0.25, 0.3) is 0 Å². The fourth-order valence-electron chi connectivity index (χ4n) is 1.70. The lowest BCUT2D eigenvalue weighted by Gasteiger charge is -2.14. The average Bonchev–Trinajstić information content (AvgIpc) is 2.48. The molecule has 1 aliphatic rings. The van der Waals surface area contributed by atoms with Gasteiger partial charge in [-0.2, -0.15) is 0 Å². The van der Waals surface area contributed by atoms with Gasteiger partial charge in [0.1, 0.15) is 0 Å². The Morgan fingerprint density at radius 1 is 1.50 bits per heavy atom. The zero-order chi connectivity index (χ0) is 7.72. The zero-order valence-electron chi connectivity index (χ0n) is 7.09. The normalized spacial score (nSPS) is 34.0. The summed E-state index contributed by atoms with van der Waals surface area (Å²) >= 11 is 0. The summed E-state index contributed by atoms with van der Waals surface area (Å²) in [6.07, 6.45) is 1.43. The summed E-state index contributed by atoms with van der Waals surface area (Å²) in [4.78, 5) is 0. The van der Waals surface area contributed by atoms with Crippen LogP contribution in [0.15, 0.2) is 0 Å². The SMILES string of the molecule is CC(C)C(C=P)C1CC1C. The van der Waals surface area contributed by atoms with Gasteiger partial charge in [-0.15, -0.1) is 8.86 Å². The number of hydrogen-bond donors (Lipinski definition) is 0. The second-order valence-corrected chi connectivity index (χ2v) is 4.20. The first-order valence-electron chi connectivity index (χ1n) is 4.17. The third kappa shape index (κ3) is 1.61. The van der Waals surface area contributed by atoms with Gasteiger partial charge in [-0.3, -0.25) is 0 Å². The highest BCUT2D eigenvalue weighted by Crippen LogP contribution is 2.45. The van der Waals surface area contributed by atoms with E-state index in [0.717, 1.165) is 23.7 Å². The molecule has 0 aliphatic heterocycles. The van der Waals surface area contributed by atoms with E-state index in [2.05, 4.69) is 35.4 Å². The maximum Gasteiger partial charge on any atom is -0.0139 e. The first-order chi connectivity index (χ1) is 4.66. The van der Waals surface area contributed by atoms with E-state index >= 15 is 0 Å². The van der Waals surface area contributed by atoms with Crippen molar-refractivity contribution in [3.63, 3.8) is 0 Å². The summed E-state index contributed by atoms with van der Waals surface area (Å²) in [5.41, 5.74) is 0. The maximum atomic E-state index is 3.51. The monoisotopic (exact) mass is 156 g/mol. The Kier molecular flexibility index (Phi) is 2.52. The predicted molar refractivity (Wildman–Crippen MR) is 50.0 cm³/mol. The van der Waals surface area contributed by atoms with Crippen LogP contribution >= 0.6 is 8.86 Å². The van der Waals surface area contributed by atoms with Crippen molar-refractivity contribution in [1.82, 2.24) is 0 Å². The van der Waals surface area contributed by atoms with Gasteiger partial charge in [-0.25, -0.2) is 0 Å². The quantitative estimate of drug-likeness (QED) is 0.551. The second-order valence-electron chi connectivity index (χ2n) is 3.86. The van der Waals surface area contributed by atoms with E-state index in [0.29, 0.717) is 0 Å². The highest BCUT2D eigenvalue weighted by atomic mass is 31.0. The third-order valence-electron chi connectivity index (χ3n) is 2.63. The van der Waals surface area contributed by atoms with Gasteiger partial charge in [0.15, 0.2) is 0 Å². The van der Waals surface area contributed by atoms with Crippen LogP contribution < -0.4 is 0 Å². The molecule has 0 aromatic rings. The molecule has 1 rings (SSSR count). The van der Waals surface area contributed by atoms with Gasteiger partial charge in [0, 0.05) is 0 Å². The van der Waals surface area contributed by atoms with Crippen molar-refractivity contribution in [3.8, 4) is 0 Å². The Morgan fingerprint density at radius 2 is 2.00 bits per heavy atom. The summed E-state index contributed by atoms with van der Waals surface area (Å²) in [6.45, 7) is 6.94. The molecule has 0 bridgehead atoms. The summed E-state index contributed by atoms with van der Waals surface area (Å²) in [5, 5.41) is 0. The van der Waals surface area contributed by atoms with Crippen LogP contribution in [0, 0.1) is 23.7 Å². The Morgan fingerprint density at radius 3 is 2.10 bits per heavy atom. The fourth-order valence-corrected chi connectivity index (χ4v) is 2.33. The van der Waals surface area contributed by atoms with Gasteiger partial charge >= 0.3 is 0 Å². The number of hydrogen-bond acceptors (Lipinski definition) is 0. The van der Waals surface area contributed by atoms with E-state index in [4.69, 9.17) is 0 Å². The first-order valence-corrected chi connectivity index (χ1v) is 4.75. The van der Waals surface area contributed by atoms with Crippen molar-refractivity contribution >= 4 is 14.7 Å². The molecule has 3 unspecified atom stereocenters. The van der Waals surface area contributed by atoms with Crippen LogP contribution in [0.1, 0.15) is 27.2 Å². The lowest BCUT2D eigenvalue weighted by Crippen LogP contribution is -2.11. The molecular weight excluding hydrogens is 139 g/mol. The molecule has 3 atom stereocenters. The van der Waals surface area contributed by atoms with Gasteiger partial charge in [0.25, 0.3) is 0 Å². The second kappa shape index (κ2) is 3.05. The molecule has 0 heterocycles. The average molecular weight is 156 g/mol. The van der Waals surface area contributed by atoms with Gasteiger partial charge in [0.05, 0.1) is 0 Å². The van der Waals surface area contributed by atoms with Crippen molar-refractivity contribution in [3.05, 3.63) is 0 Å². The van der Waals surface area contributed by atoms with E-state index in [1.165, 1.54) is 6.42 Å². The van der Waals surface area contributed by atoms with Crippen molar-refractivity contribution in [2.75, 3.05) is 0 Å². The summed E-state index contributed by atoms with van der Waals surface area (Å²) in [6, 6.07) is 0. The molecular formula is C9H17P. The Hall–Kier alpha value is 0.170. The Labute approximate surface area is 66.2 Å². The van der Waals surface area contributed by atoms with E-state index in [9.17, 15) is 0 Å². The molecule has 0 amide bonds. The van der Waals surface area contributed by atoms with Crippen LogP contribution in [0.5, 0.6) is 0 Å². The van der Waals surface area contributed by atoms with Crippen LogP contribution in [-0.4, -0.2) is 5.80 Å². The van der Waals surface area contributed by atoms with Crippen molar-refractivity contribution < 1.29 is 0 Å². The molecule has 1 fully saturated rings. The lowest BCUT2D eigenvalue weighted by atomic mass is 9.92. The Balaban J connectivity index is 2.42. The highest BCUT2D eigenvalue weighted by molar-refractivity contribution is 7.18. The summed E-state index contributed by atoms with van der Waals surface area (Å²) in [5.74, 6) is 5.73. The standard InChI is InChI=1S/C9H17P/c1-6(2)9(5-10)8-4-7(8)3/h5-10H,4H2,1-3H3. The third-order valence-corrected chi connectivity index (χ3v) is 3.01. The molecule has 0 aromatic heterocycles. The van der Waals surface area contributed by atoms with Gasteiger partial charge in [0.2, 0.25) is 0 Å². The Bertz CT molecular complexity index is 129. The summed E-state index contributed by atoms with van der Waals surface area (Å²) < 4.78 is 0. The van der Waals surface area contributed by atoms with Gasteiger partial charge in [-0.1, -0.05) is 26.6 Å². The molecule has 10 heavy (non-hydrogen) atoms. The molecule has 1 aliphatic carbocycles. The van der Waals surface area contributed by atoms with Gasteiger partial charge in [-0.05, 0) is 30.1 Å². The highest BCUT2D eigenvalue weighted by Gasteiger charge is 2.38. The van der Waals surface area contributed by atoms with E-state index in [1.807, 2.05) is 0 Å². The van der Waals surface area contributed by atoms with E-state index in [1.54, 1.807) is 0 Å². The molecule has 0 saturated heterocycles. The van der Waals surface area contributed by atoms with Crippen LogP contribution in [0.4, 0.5) is 0 Å². The zero-order valence-corrected chi connectivity index (χ0v) is 8.09. The predicted octanol–water partition coefficient (Wildman–Crippen LogP) is 2.86. The maximum absolute atomic E-state index is 3.51.